The van der Waals surface area contributed by atoms with Gasteiger partial charge in [0.05, 0.1) is 6.20 Å². The van der Waals surface area contributed by atoms with Gasteiger partial charge in [0.2, 0.25) is 0 Å². The highest BCUT2D eigenvalue weighted by Gasteiger charge is 1.98. The predicted molar refractivity (Wildman–Crippen MR) is 53.9 cm³/mol. The topological polar surface area (TPSA) is 30.2 Å². The number of rotatable bonds is 0. The van der Waals surface area contributed by atoms with E-state index in [9.17, 15) is 0 Å². The van der Waals surface area contributed by atoms with E-state index in [1.807, 2.05) is 34.7 Å². The fourth-order valence-corrected chi connectivity index (χ4v) is 1.24. The van der Waals surface area contributed by atoms with Crippen molar-refractivity contribution in [2.45, 2.75) is 0 Å². The summed E-state index contributed by atoms with van der Waals surface area (Å²) in [5.41, 5.74) is 1.65. The van der Waals surface area contributed by atoms with Gasteiger partial charge in [0.1, 0.15) is 5.69 Å². The van der Waals surface area contributed by atoms with E-state index in [2.05, 4.69) is 19.9 Å². The lowest BCUT2D eigenvalue weighted by Gasteiger charge is -1.89. The van der Waals surface area contributed by atoms with Crippen LogP contribution >= 0.6 is 22.6 Å². The van der Waals surface area contributed by atoms with Crippen molar-refractivity contribution in [1.82, 2.24) is 14.6 Å². The Balaban J connectivity index is 2.76. The van der Waals surface area contributed by atoms with Crippen LogP contribution in [0.25, 0.3) is 5.65 Å². The summed E-state index contributed by atoms with van der Waals surface area (Å²) in [4.78, 5) is 4.13. The molecule has 0 amide bonds. The molecule has 0 N–H and O–H groups in total. The van der Waals surface area contributed by atoms with Crippen LogP contribution in [0.5, 0.6) is 0 Å². The summed E-state index contributed by atoms with van der Waals surface area (Å²) in [5.74, 6) is 2.91. The third-order valence-electron chi connectivity index (χ3n) is 1.45. The molecular weight excluding hydrogens is 265 g/mol. The van der Waals surface area contributed by atoms with Crippen LogP contribution < -0.4 is 0 Å². The van der Waals surface area contributed by atoms with Crippen LogP contribution in [0.1, 0.15) is 5.69 Å². The molecule has 2 heterocycles. The van der Waals surface area contributed by atoms with Gasteiger partial charge in [-0.25, -0.2) is 9.50 Å². The summed E-state index contributed by atoms with van der Waals surface area (Å²) >= 11 is 1.99. The molecule has 0 spiro atoms. The third-order valence-corrected chi connectivity index (χ3v) is 1.72. The van der Waals surface area contributed by atoms with Gasteiger partial charge in [0, 0.05) is 28.8 Å². The minimum Gasteiger partial charge on any atom is -0.234 e. The zero-order chi connectivity index (χ0) is 8.39. The van der Waals surface area contributed by atoms with Gasteiger partial charge in [-0.05, 0) is 22.0 Å². The first kappa shape index (κ1) is 7.55. The molecule has 2 rings (SSSR count). The van der Waals surface area contributed by atoms with E-state index < -0.39 is 0 Å². The molecule has 0 aliphatic carbocycles. The highest BCUT2D eigenvalue weighted by molar-refractivity contribution is 14.1. The Morgan fingerprint density at radius 3 is 3.25 bits per heavy atom. The van der Waals surface area contributed by atoms with Gasteiger partial charge in [-0.1, -0.05) is 0 Å². The van der Waals surface area contributed by atoms with Crippen molar-refractivity contribution in [2.24, 2.45) is 0 Å². The zero-order valence-electron chi connectivity index (χ0n) is 6.03. The summed E-state index contributed by atoms with van der Waals surface area (Å²) in [6.07, 6.45) is 3.43. The van der Waals surface area contributed by atoms with Crippen molar-refractivity contribution in [3.05, 3.63) is 30.2 Å². The van der Waals surface area contributed by atoms with E-state index >= 15 is 0 Å². The van der Waals surface area contributed by atoms with Crippen LogP contribution in [0.3, 0.4) is 0 Å². The highest BCUT2D eigenvalue weighted by atomic mass is 127. The Morgan fingerprint density at radius 1 is 1.50 bits per heavy atom. The van der Waals surface area contributed by atoms with Gasteiger partial charge in [-0.3, -0.25) is 0 Å². The maximum atomic E-state index is 4.13. The van der Waals surface area contributed by atoms with Gasteiger partial charge < -0.3 is 0 Å². The number of imidazole rings is 1. The Hall–Kier alpha value is -1.09. The molecule has 0 atom stereocenters. The number of hydrogen-bond donors (Lipinski definition) is 0. The SMILES string of the molecule is IC#Cc1cnc2cccnn12. The normalized spacial score (nSPS) is 9.42. The molecule has 0 fully saturated rings. The summed E-state index contributed by atoms with van der Waals surface area (Å²) in [5, 5.41) is 4.11. The maximum Gasteiger partial charge on any atom is 0.154 e. The summed E-state index contributed by atoms with van der Waals surface area (Å²) < 4.78 is 4.50. The van der Waals surface area contributed by atoms with E-state index in [0.29, 0.717) is 0 Å². The van der Waals surface area contributed by atoms with Gasteiger partial charge in [0.15, 0.2) is 5.65 Å². The predicted octanol–water partition coefficient (Wildman–Crippen LogP) is 1.47. The van der Waals surface area contributed by atoms with Crippen molar-refractivity contribution >= 4 is 28.2 Å². The van der Waals surface area contributed by atoms with Crippen LogP contribution in [-0.4, -0.2) is 14.6 Å². The first-order chi connectivity index (χ1) is 5.92. The van der Waals surface area contributed by atoms with E-state index in [-0.39, 0.29) is 0 Å². The van der Waals surface area contributed by atoms with Crippen LogP contribution in [0.2, 0.25) is 0 Å². The molecular formula is C8H4IN3. The van der Waals surface area contributed by atoms with Crippen molar-refractivity contribution in [3.8, 4) is 9.85 Å². The maximum absolute atomic E-state index is 4.13. The quantitative estimate of drug-likeness (QED) is 0.535. The minimum atomic E-state index is 0.819. The molecule has 0 saturated heterocycles. The van der Waals surface area contributed by atoms with Gasteiger partial charge >= 0.3 is 0 Å². The third kappa shape index (κ3) is 1.16. The van der Waals surface area contributed by atoms with Crippen LogP contribution in [0.4, 0.5) is 0 Å². The Kier molecular flexibility index (Phi) is 1.96. The van der Waals surface area contributed by atoms with Crippen LogP contribution in [0.15, 0.2) is 24.5 Å². The van der Waals surface area contributed by atoms with Gasteiger partial charge in [-0.15, -0.1) is 0 Å². The van der Waals surface area contributed by atoms with E-state index in [4.69, 9.17) is 0 Å². The Morgan fingerprint density at radius 2 is 2.42 bits per heavy atom. The first-order valence-electron chi connectivity index (χ1n) is 3.32. The fraction of sp³-hybridized carbons (Fsp3) is 0. The zero-order valence-corrected chi connectivity index (χ0v) is 8.19. The molecule has 3 nitrogen and oxygen atoms in total. The Bertz CT molecular complexity index is 464. The monoisotopic (exact) mass is 269 g/mol. The molecule has 0 aliphatic heterocycles. The molecule has 0 radical (unpaired) electrons. The largest absolute Gasteiger partial charge is 0.234 e. The number of fused-ring (bicyclic) bond motifs is 1. The molecule has 4 heteroatoms. The van der Waals surface area contributed by atoms with Gasteiger partial charge in [-0.2, -0.15) is 5.10 Å². The van der Waals surface area contributed by atoms with Crippen molar-refractivity contribution < 1.29 is 0 Å². The second kappa shape index (κ2) is 3.11. The smallest absolute Gasteiger partial charge is 0.154 e. The number of aromatic nitrogens is 3. The molecule has 0 bridgehead atoms. The lowest BCUT2D eigenvalue weighted by atomic mass is 10.5. The van der Waals surface area contributed by atoms with E-state index in [1.165, 1.54) is 0 Å². The van der Waals surface area contributed by atoms with Crippen molar-refractivity contribution in [3.63, 3.8) is 0 Å². The highest BCUT2D eigenvalue weighted by Crippen LogP contribution is 2.01. The van der Waals surface area contributed by atoms with Gasteiger partial charge in [0.25, 0.3) is 0 Å². The molecule has 0 aromatic carbocycles. The number of hydrogen-bond acceptors (Lipinski definition) is 2. The van der Waals surface area contributed by atoms with E-state index in [1.54, 1.807) is 16.9 Å². The van der Waals surface area contributed by atoms with Crippen LogP contribution in [-0.2, 0) is 0 Å². The molecule has 0 aliphatic rings. The summed E-state index contributed by atoms with van der Waals surface area (Å²) in [7, 11) is 0. The minimum absolute atomic E-state index is 0.819. The molecule has 0 unspecified atom stereocenters. The molecule has 2 aromatic heterocycles. The van der Waals surface area contributed by atoms with Crippen molar-refractivity contribution in [1.29, 1.82) is 0 Å². The fourth-order valence-electron chi connectivity index (χ4n) is 0.963. The Labute approximate surface area is 82.9 Å². The average Bonchev–Trinajstić information content (AvgIpc) is 2.50. The first-order valence-corrected chi connectivity index (χ1v) is 4.40. The number of halogens is 1. The second-order valence-electron chi connectivity index (χ2n) is 2.16. The average molecular weight is 269 g/mol. The number of nitrogens with zero attached hydrogens (tertiary/aromatic N) is 3. The lowest BCUT2D eigenvalue weighted by molar-refractivity contribution is 0.923. The lowest BCUT2D eigenvalue weighted by Crippen LogP contribution is -1.91. The molecule has 2 aromatic rings. The summed E-state index contributed by atoms with van der Waals surface area (Å²) in [6.45, 7) is 0. The summed E-state index contributed by atoms with van der Waals surface area (Å²) in [6, 6.07) is 3.75. The second-order valence-corrected chi connectivity index (χ2v) is 2.70. The standard InChI is InChI=1S/C8H4IN3/c9-4-3-7-6-10-8-2-1-5-11-12(7)8/h1-2,5-6H. The molecule has 12 heavy (non-hydrogen) atoms. The van der Waals surface area contributed by atoms with E-state index in [0.717, 1.165) is 11.3 Å². The molecule has 58 valence electrons. The van der Waals surface area contributed by atoms with Crippen molar-refractivity contribution in [2.75, 3.05) is 0 Å². The van der Waals surface area contributed by atoms with Crippen LogP contribution in [0, 0.1) is 9.85 Å². The molecule has 0 saturated carbocycles.